The maximum Gasteiger partial charge on any atom is 0.333 e. The van der Waals surface area contributed by atoms with Gasteiger partial charge in [-0.25, -0.2) is 0 Å². The molecule has 76 valence electrons. The van der Waals surface area contributed by atoms with Crippen molar-refractivity contribution in [2.24, 2.45) is 0 Å². The second-order valence-electron chi connectivity index (χ2n) is 2.37. The number of ether oxygens (including phenoxy) is 2. The van der Waals surface area contributed by atoms with Crippen LogP contribution in [0.5, 0.6) is 11.8 Å². The Morgan fingerprint density at radius 1 is 1.43 bits per heavy atom. The van der Waals surface area contributed by atoms with Gasteiger partial charge in [0.25, 0.3) is 5.88 Å². The maximum absolute atomic E-state index is 10.5. The summed E-state index contributed by atoms with van der Waals surface area (Å²) in [6.07, 6.45) is 0. The number of hydrogen-bond acceptors (Lipinski definition) is 6. The van der Waals surface area contributed by atoms with E-state index in [1.807, 2.05) is 0 Å². The number of rotatable bonds is 3. The first-order valence-corrected chi connectivity index (χ1v) is 3.63. The minimum Gasteiger partial charge on any atom is -0.479 e. The van der Waals surface area contributed by atoms with Crippen molar-refractivity contribution < 1.29 is 14.4 Å². The van der Waals surface area contributed by atoms with Crippen LogP contribution in [-0.4, -0.2) is 24.1 Å². The molecule has 0 aromatic carbocycles. The topological polar surface area (TPSA) is 101 Å². The summed E-state index contributed by atoms with van der Waals surface area (Å²) < 4.78 is 9.50. The van der Waals surface area contributed by atoms with Gasteiger partial charge in [-0.2, -0.15) is 4.98 Å². The van der Waals surface area contributed by atoms with Crippen LogP contribution in [0.15, 0.2) is 6.07 Å². The van der Waals surface area contributed by atoms with Gasteiger partial charge in [0.1, 0.15) is 5.69 Å². The van der Waals surface area contributed by atoms with E-state index >= 15 is 0 Å². The number of hydrogen-bond donors (Lipinski definition) is 1. The van der Waals surface area contributed by atoms with Gasteiger partial charge in [-0.3, -0.25) is 10.1 Å². The predicted octanol–water partition coefficient (Wildman–Crippen LogP) is 0.589. The van der Waals surface area contributed by atoms with Crippen LogP contribution >= 0.6 is 0 Å². The summed E-state index contributed by atoms with van der Waals surface area (Å²) >= 11 is 0. The van der Waals surface area contributed by atoms with E-state index in [1.165, 1.54) is 14.2 Å². The number of anilines is 1. The molecule has 0 bridgehead atoms. The first-order valence-electron chi connectivity index (χ1n) is 3.63. The molecule has 1 rings (SSSR count). The molecule has 7 nitrogen and oxygen atoms in total. The molecule has 0 radical (unpaired) electrons. The highest BCUT2D eigenvalue weighted by molar-refractivity contribution is 5.58. The second kappa shape index (κ2) is 3.77. The van der Waals surface area contributed by atoms with Crippen LogP contribution < -0.4 is 15.2 Å². The van der Waals surface area contributed by atoms with Gasteiger partial charge in [0.05, 0.1) is 25.2 Å². The highest BCUT2D eigenvalue weighted by atomic mass is 16.6. The molecular formula is C7H9N3O4. The van der Waals surface area contributed by atoms with E-state index in [9.17, 15) is 10.1 Å². The molecule has 0 aliphatic rings. The van der Waals surface area contributed by atoms with E-state index in [0.29, 0.717) is 0 Å². The first kappa shape index (κ1) is 10.0. The lowest BCUT2D eigenvalue weighted by Gasteiger charge is -2.05. The molecule has 0 saturated carbocycles. The Hall–Kier alpha value is -2.05. The van der Waals surface area contributed by atoms with Crippen molar-refractivity contribution in [1.82, 2.24) is 4.98 Å². The monoisotopic (exact) mass is 199 g/mol. The van der Waals surface area contributed by atoms with Crippen LogP contribution in [0.25, 0.3) is 0 Å². The Morgan fingerprint density at radius 2 is 2.00 bits per heavy atom. The van der Waals surface area contributed by atoms with Gasteiger partial charge in [0.2, 0.25) is 5.88 Å². The molecule has 0 unspecified atom stereocenters. The van der Waals surface area contributed by atoms with Crippen molar-refractivity contribution in [2.45, 2.75) is 0 Å². The van der Waals surface area contributed by atoms with Crippen molar-refractivity contribution in [1.29, 1.82) is 0 Å². The standard InChI is InChI=1S/C7H9N3O4/c1-13-6-4(8)3-5(10(11)12)7(9-6)14-2/h3H,8H2,1-2H3. The quantitative estimate of drug-likeness (QED) is 0.564. The van der Waals surface area contributed by atoms with Crippen molar-refractivity contribution in [2.75, 3.05) is 20.0 Å². The third kappa shape index (κ3) is 1.65. The van der Waals surface area contributed by atoms with Gasteiger partial charge < -0.3 is 15.2 Å². The van der Waals surface area contributed by atoms with Crippen LogP contribution in [-0.2, 0) is 0 Å². The number of aromatic nitrogens is 1. The number of nitrogens with zero attached hydrogens (tertiary/aromatic N) is 2. The third-order valence-electron chi connectivity index (χ3n) is 1.54. The lowest BCUT2D eigenvalue weighted by molar-refractivity contribution is -0.386. The summed E-state index contributed by atoms with van der Waals surface area (Å²) in [6, 6.07) is 1.14. The first-order chi connectivity index (χ1) is 6.60. The minimum absolute atomic E-state index is 0.0972. The summed E-state index contributed by atoms with van der Waals surface area (Å²) in [5.74, 6) is -0.0199. The summed E-state index contributed by atoms with van der Waals surface area (Å²) in [4.78, 5) is 13.6. The van der Waals surface area contributed by atoms with E-state index in [2.05, 4.69) is 4.98 Å². The highest BCUT2D eigenvalue weighted by Crippen LogP contribution is 2.31. The molecule has 0 fully saturated rings. The Kier molecular flexibility index (Phi) is 2.70. The lowest BCUT2D eigenvalue weighted by atomic mass is 10.3. The van der Waals surface area contributed by atoms with Crippen molar-refractivity contribution in [3.63, 3.8) is 0 Å². The molecule has 0 saturated heterocycles. The largest absolute Gasteiger partial charge is 0.479 e. The van der Waals surface area contributed by atoms with Gasteiger partial charge in [0, 0.05) is 0 Å². The molecular weight excluding hydrogens is 190 g/mol. The predicted molar refractivity (Wildman–Crippen MR) is 48.4 cm³/mol. The van der Waals surface area contributed by atoms with Crippen LogP contribution in [0.1, 0.15) is 0 Å². The SMILES string of the molecule is COc1nc(OC)c([N+](=O)[O-])cc1N. The highest BCUT2D eigenvalue weighted by Gasteiger charge is 2.19. The van der Waals surface area contributed by atoms with Crippen molar-refractivity contribution in [3.8, 4) is 11.8 Å². The Labute approximate surface area is 79.6 Å². The summed E-state index contributed by atoms with van der Waals surface area (Å²) in [5, 5.41) is 10.5. The number of nitro groups is 1. The third-order valence-corrected chi connectivity index (χ3v) is 1.54. The van der Waals surface area contributed by atoms with Gasteiger partial charge in [-0.1, -0.05) is 0 Å². The van der Waals surface area contributed by atoms with Crippen LogP contribution in [0, 0.1) is 10.1 Å². The smallest absolute Gasteiger partial charge is 0.333 e. The minimum atomic E-state index is -0.623. The summed E-state index contributed by atoms with van der Waals surface area (Å²) in [7, 11) is 2.65. The van der Waals surface area contributed by atoms with Crippen molar-refractivity contribution >= 4 is 11.4 Å². The fraction of sp³-hybridized carbons (Fsp3) is 0.286. The Morgan fingerprint density at radius 3 is 2.43 bits per heavy atom. The fourth-order valence-corrected chi connectivity index (χ4v) is 0.929. The molecule has 0 atom stereocenters. The van der Waals surface area contributed by atoms with Crippen molar-refractivity contribution in [3.05, 3.63) is 16.2 Å². The molecule has 0 spiro atoms. The average Bonchev–Trinajstić information content (AvgIpc) is 2.17. The lowest BCUT2D eigenvalue weighted by Crippen LogP contribution is -2.01. The zero-order valence-electron chi connectivity index (χ0n) is 7.68. The Bertz CT molecular complexity index is 366. The zero-order chi connectivity index (χ0) is 10.7. The van der Waals surface area contributed by atoms with Gasteiger partial charge in [-0.15, -0.1) is 0 Å². The van der Waals surface area contributed by atoms with Gasteiger partial charge in [0.15, 0.2) is 0 Å². The van der Waals surface area contributed by atoms with Gasteiger partial charge >= 0.3 is 5.69 Å². The molecule has 0 aliphatic carbocycles. The molecule has 1 aromatic rings. The van der Waals surface area contributed by atoms with Crippen LogP contribution in [0.2, 0.25) is 0 Å². The van der Waals surface area contributed by atoms with E-state index in [1.54, 1.807) is 0 Å². The number of nitrogen functional groups attached to an aromatic ring is 1. The molecule has 1 heterocycles. The van der Waals surface area contributed by atoms with E-state index in [-0.39, 0.29) is 23.1 Å². The number of nitrogens with two attached hydrogens (primary N) is 1. The zero-order valence-corrected chi connectivity index (χ0v) is 7.68. The number of pyridine rings is 1. The molecule has 14 heavy (non-hydrogen) atoms. The van der Waals surface area contributed by atoms with Crippen LogP contribution in [0.3, 0.4) is 0 Å². The number of methoxy groups -OCH3 is 2. The normalized spacial score (nSPS) is 9.57. The fourth-order valence-electron chi connectivity index (χ4n) is 0.929. The molecule has 0 aliphatic heterocycles. The molecule has 2 N–H and O–H groups in total. The second-order valence-corrected chi connectivity index (χ2v) is 2.37. The van der Waals surface area contributed by atoms with E-state index in [4.69, 9.17) is 15.2 Å². The summed E-state index contributed by atoms with van der Waals surface area (Å²) in [6.45, 7) is 0. The van der Waals surface area contributed by atoms with E-state index < -0.39 is 4.92 Å². The van der Waals surface area contributed by atoms with E-state index in [0.717, 1.165) is 6.07 Å². The molecule has 7 heteroatoms. The van der Waals surface area contributed by atoms with Gasteiger partial charge in [-0.05, 0) is 0 Å². The molecule has 1 aromatic heterocycles. The van der Waals surface area contributed by atoms with Crippen LogP contribution in [0.4, 0.5) is 11.4 Å². The average molecular weight is 199 g/mol. The Balaban J connectivity index is 3.31. The maximum atomic E-state index is 10.5. The molecule has 0 amide bonds. The summed E-state index contributed by atoms with van der Waals surface area (Å²) in [5.41, 5.74) is 5.26.